The van der Waals surface area contributed by atoms with Gasteiger partial charge in [0.25, 0.3) is 10.2 Å². The van der Waals surface area contributed by atoms with E-state index >= 15 is 0 Å². The van der Waals surface area contributed by atoms with Crippen LogP contribution in [0.15, 0.2) is 0 Å². The maximum atomic E-state index is 12.7. The van der Waals surface area contributed by atoms with Crippen LogP contribution in [0.2, 0.25) is 0 Å². The minimum absolute atomic E-state index is 0.0597. The maximum absolute atomic E-state index is 12.7. The summed E-state index contributed by atoms with van der Waals surface area (Å²) in [4.78, 5) is 10.7. The summed E-state index contributed by atoms with van der Waals surface area (Å²) in [5.74, 6) is -0.972. The molecule has 2 fully saturated rings. The van der Waals surface area contributed by atoms with Gasteiger partial charge in [0, 0.05) is 26.2 Å². The highest BCUT2D eigenvalue weighted by molar-refractivity contribution is 7.86. The third-order valence-electron chi connectivity index (χ3n) is 4.28. The van der Waals surface area contributed by atoms with Crippen LogP contribution < -0.4 is 0 Å². The van der Waals surface area contributed by atoms with Crippen LogP contribution in [0.25, 0.3) is 0 Å². The first-order valence-corrected chi connectivity index (χ1v) is 8.87. The van der Waals surface area contributed by atoms with Crippen LogP contribution in [-0.4, -0.2) is 67.0 Å². The molecular formula is C13H24N2O5S. The van der Waals surface area contributed by atoms with E-state index in [4.69, 9.17) is 9.84 Å². The number of morpholine rings is 1. The SMILES string of the molecule is CN(C1CCCCC1)S(=O)(=O)N1CCOC(CC(=O)O)C1. The Balaban J connectivity index is 2.01. The molecule has 0 aromatic carbocycles. The zero-order chi connectivity index (χ0) is 15.5. The molecule has 1 heterocycles. The molecule has 0 aromatic heterocycles. The molecule has 0 bridgehead atoms. The molecule has 2 rings (SSSR count). The molecule has 1 atom stereocenters. The van der Waals surface area contributed by atoms with Crippen LogP contribution in [0.3, 0.4) is 0 Å². The first-order valence-electron chi connectivity index (χ1n) is 7.48. The third-order valence-corrected chi connectivity index (χ3v) is 6.29. The number of carboxylic acids is 1. The maximum Gasteiger partial charge on any atom is 0.306 e. The van der Waals surface area contributed by atoms with Crippen LogP contribution in [0.1, 0.15) is 38.5 Å². The highest BCUT2D eigenvalue weighted by Crippen LogP contribution is 2.25. The average Bonchev–Trinajstić information content (AvgIpc) is 2.47. The van der Waals surface area contributed by atoms with E-state index in [9.17, 15) is 13.2 Å². The van der Waals surface area contributed by atoms with E-state index in [0.717, 1.165) is 25.7 Å². The summed E-state index contributed by atoms with van der Waals surface area (Å²) in [6, 6.07) is 0.0597. The first kappa shape index (κ1) is 16.7. The second-order valence-electron chi connectivity index (χ2n) is 5.76. The second-order valence-corrected chi connectivity index (χ2v) is 7.75. The van der Waals surface area contributed by atoms with Crippen molar-refractivity contribution < 1.29 is 23.1 Å². The van der Waals surface area contributed by atoms with Crippen molar-refractivity contribution in [2.75, 3.05) is 26.7 Å². The molecule has 21 heavy (non-hydrogen) atoms. The lowest BCUT2D eigenvalue weighted by atomic mass is 9.96. The Hall–Kier alpha value is -0.700. The smallest absolute Gasteiger partial charge is 0.306 e. The summed E-state index contributed by atoms with van der Waals surface area (Å²) in [6.07, 6.45) is 4.37. The highest BCUT2D eigenvalue weighted by atomic mass is 32.2. The number of carbonyl (C=O) groups is 1. The summed E-state index contributed by atoms with van der Waals surface area (Å²) in [5.41, 5.74) is 0. The van der Waals surface area contributed by atoms with Crippen molar-refractivity contribution in [3.05, 3.63) is 0 Å². The number of carboxylic acid groups (broad SMARTS) is 1. The fourth-order valence-corrected chi connectivity index (χ4v) is 4.65. The molecule has 0 aromatic rings. The monoisotopic (exact) mass is 320 g/mol. The number of ether oxygens (including phenoxy) is 1. The minimum atomic E-state index is -3.54. The normalized spacial score (nSPS) is 26.1. The van der Waals surface area contributed by atoms with Gasteiger partial charge in [-0.3, -0.25) is 4.79 Å². The predicted octanol–water partition coefficient (Wildman–Crippen LogP) is 0.671. The standard InChI is InChI=1S/C13H24N2O5S/c1-14(11-5-3-2-4-6-11)21(18,19)15-7-8-20-12(10-15)9-13(16)17/h11-12H,2-10H2,1H3,(H,16,17). The van der Waals surface area contributed by atoms with E-state index < -0.39 is 22.3 Å². The van der Waals surface area contributed by atoms with Crippen LogP contribution in [0.5, 0.6) is 0 Å². The Labute approximate surface area is 126 Å². The fraction of sp³-hybridized carbons (Fsp3) is 0.923. The number of nitrogens with zero attached hydrogens (tertiary/aromatic N) is 2. The molecule has 1 unspecified atom stereocenters. The Morgan fingerprint density at radius 2 is 2.00 bits per heavy atom. The molecular weight excluding hydrogens is 296 g/mol. The minimum Gasteiger partial charge on any atom is -0.481 e. The highest BCUT2D eigenvalue weighted by Gasteiger charge is 2.36. The van der Waals surface area contributed by atoms with Crippen LogP contribution in [0.4, 0.5) is 0 Å². The van der Waals surface area contributed by atoms with E-state index in [-0.39, 0.29) is 32.2 Å². The summed E-state index contributed by atoms with van der Waals surface area (Å²) in [5, 5.41) is 8.81. The average molecular weight is 320 g/mol. The molecule has 1 aliphatic heterocycles. The van der Waals surface area contributed by atoms with Gasteiger partial charge in [-0.1, -0.05) is 19.3 Å². The van der Waals surface area contributed by atoms with Gasteiger partial charge in [-0.2, -0.15) is 17.0 Å². The zero-order valence-corrected chi connectivity index (χ0v) is 13.2. The van der Waals surface area contributed by atoms with Gasteiger partial charge in [0.05, 0.1) is 19.1 Å². The van der Waals surface area contributed by atoms with Crippen LogP contribution >= 0.6 is 0 Å². The Morgan fingerprint density at radius 3 is 2.62 bits per heavy atom. The van der Waals surface area contributed by atoms with E-state index in [1.54, 1.807) is 7.05 Å². The van der Waals surface area contributed by atoms with Gasteiger partial charge in [0.2, 0.25) is 0 Å². The van der Waals surface area contributed by atoms with Crippen molar-refractivity contribution >= 4 is 16.2 Å². The number of hydrogen-bond acceptors (Lipinski definition) is 4. The van der Waals surface area contributed by atoms with Crippen molar-refractivity contribution in [1.82, 2.24) is 8.61 Å². The van der Waals surface area contributed by atoms with E-state index in [1.165, 1.54) is 15.0 Å². The van der Waals surface area contributed by atoms with E-state index in [2.05, 4.69) is 0 Å². The lowest BCUT2D eigenvalue weighted by molar-refractivity contribution is -0.141. The molecule has 2 aliphatic rings. The molecule has 1 aliphatic carbocycles. The van der Waals surface area contributed by atoms with Gasteiger partial charge in [-0.05, 0) is 12.8 Å². The summed E-state index contributed by atoms with van der Waals surface area (Å²) in [6.45, 7) is 0.650. The summed E-state index contributed by atoms with van der Waals surface area (Å²) >= 11 is 0. The van der Waals surface area contributed by atoms with Crippen molar-refractivity contribution in [3.63, 3.8) is 0 Å². The number of hydrogen-bond donors (Lipinski definition) is 1. The molecule has 0 amide bonds. The van der Waals surface area contributed by atoms with Crippen LogP contribution in [0, 0.1) is 0 Å². The first-order chi connectivity index (χ1) is 9.91. The zero-order valence-electron chi connectivity index (χ0n) is 12.4. The lowest BCUT2D eigenvalue weighted by Gasteiger charge is -2.37. The number of aliphatic carboxylic acids is 1. The summed E-state index contributed by atoms with van der Waals surface area (Å²) in [7, 11) is -1.90. The van der Waals surface area contributed by atoms with Gasteiger partial charge in [-0.25, -0.2) is 0 Å². The molecule has 1 N–H and O–H groups in total. The summed E-state index contributed by atoms with van der Waals surface area (Å²) < 4.78 is 33.5. The third kappa shape index (κ3) is 4.15. The molecule has 0 radical (unpaired) electrons. The Morgan fingerprint density at radius 1 is 1.33 bits per heavy atom. The van der Waals surface area contributed by atoms with Gasteiger partial charge < -0.3 is 9.84 Å². The topological polar surface area (TPSA) is 87.2 Å². The van der Waals surface area contributed by atoms with E-state index in [1.807, 2.05) is 0 Å². The predicted molar refractivity (Wildman–Crippen MR) is 77.1 cm³/mol. The van der Waals surface area contributed by atoms with Gasteiger partial charge in [-0.15, -0.1) is 0 Å². The molecule has 1 saturated carbocycles. The van der Waals surface area contributed by atoms with Crippen molar-refractivity contribution in [1.29, 1.82) is 0 Å². The lowest BCUT2D eigenvalue weighted by Crippen LogP contribution is -2.53. The second kappa shape index (κ2) is 7.04. The molecule has 122 valence electrons. The molecule has 7 nitrogen and oxygen atoms in total. The van der Waals surface area contributed by atoms with Gasteiger partial charge in [0.1, 0.15) is 0 Å². The molecule has 1 saturated heterocycles. The van der Waals surface area contributed by atoms with Crippen LogP contribution in [-0.2, 0) is 19.7 Å². The molecule has 0 spiro atoms. The van der Waals surface area contributed by atoms with Gasteiger partial charge in [0.15, 0.2) is 0 Å². The van der Waals surface area contributed by atoms with E-state index in [0.29, 0.717) is 0 Å². The number of rotatable bonds is 5. The fourth-order valence-electron chi connectivity index (χ4n) is 3.04. The van der Waals surface area contributed by atoms with Crippen molar-refractivity contribution in [2.24, 2.45) is 0 Å². The Kier molecular flexibility index (Phi) is 5.59. The van der Waals surface area contributed by atoms with Gasteiger partial charge >= 0.3 is 5.97 Å². The van der Waals surface area contributed by atoms with Crippen molar-refractivity contribution in [3.8, 4) is 0 Å². The quantitative estimate of drug-likeness (QED) is 0.804. The van der Waals surface area contributed by atoms with Crippen molar-refractivity contribution in [2.45, 2.75) is 50.7 Å². The molecule has 8 heteroatoms. The Bertz CT molecular complexity index is 461. The largest absolute Gasteiger partial charge is 0.481 e.